The lowest BCUT2D eigenvalue weighted by Crippen LogP contribution is -1.84. The van der Waals surface area contributed by atoms with E-state index < -0.39 is 0 Å². The first-order valence-corrected chi connectivity index (χ1v) is 3.90. The molecule has 62 valence electrons. The van der Waals surface area contributed by atoms with Gasteiger partial charge in [0.2, 0.25) is 0 Å². The fourth-order valence-corrected chi connectivity index (χ4v) is 1.37. The fraction of sp³-hybridized carbons (Fsp3) is 0.222. The molecule has 0 aliphatic carbocycles. The van der Waals surface area contributed by atoms with Crippen LogP contribution in [0.15, 0.2) is 12.1 Å². The average Bonchev–Trinajstić information content (AvgIpc) is 2.41. The van der Waals surface area contributed by atoms with E-state index >= 15 is 0 Å². The summed E-state index contributed by atoms with van der Waals surface area (Å²) in [4.78, 5) is 7.23. The first-order valence-electron chi connectivity index (χ1n) is 3.90. The molecule has 2 rings (SSSR count). The second-order valence-electron chi connectivity index (χ2n) is 3.05. The van der Waals surface area contributed by atoms with Crippen molar-refractivity contribution in [3.8, 4) is 0 Å². The Morgan fingerprint density at radius 1 is 1.25 bits per heavy atom. The predicted molar refractivity (Wildman–Crippen MR) is 50.0 cm³/mol. The van der Waals surface area contributed by atoms with E-state index in [9.17, 15) is 0 Å². The molecule has 0 unspecified atom stereocenters. The maximum absolute atomic E-state index is 5.56. The zero-order chi connectivity index (χ0) is 8.72. The third-order valence-corrected chi connectivity index (χ3v) is 2.07. The van der Waals surface area contributed by atoms with Crippen molar-refractivity contribution in [3.63, 3.8) is 0 Å². The monoisotopic (exact) mass is 161 g/mol. The minimum Gasteiger partial charge on any atom is -0.369 e. The van der Waals surface area contributed by atoms with Gasteiger partial charge in [0.1, 0.15) is 0 Å². The normalized spacial score (nSPS) is 10.8. The first-order chi connectivity index (χ1) is 5.68. The molecule has 0 amide bonds. The van der Waals surface area contributed by atoms with Gasteiger partial charge in [-0.15, -0.1) is 0 Å². The van der Waals surface area contributed by atoms with Gasteiger partial charge in [-0.25, -0.2) is 4.98 Å². The van der Waals surface area contributed by atoms with Crippen LogP contribution in [0.25, 0.3) is 11.0 Å². The van der Waals surface area contributed by atoms with Crippen molar-refractivity contribution in [2.75, 3.05) is 5.73 Å². The van der Waals surface area contributed by atoms with Crippen molar-refractivity contribution in [1.29, 1.82) is 0 Å². The van der Waals surface area contributed by atoms with E-state index in [1.165, 1.54) is 5.56 Å². The Kier molecular flexibility index (Phi) is 1.33. The highest BCUT2D eigenvalue weighted by molar-refractivity contribution is 5.83. The van der Waals surface area contributed by atoms with Gasteiger partial charge in [-0.1, -0.05) is 12.1 Å². The van der Waals surface area contributed by atoms with Crippen LogP contribution in [-0.2, 0) is 0 Å². The molecule has 1 aromatic carbocycles. The van der Waals surface area contributed by atoms with Crippen LogP contribution in [0.2, 0.25) is 0 Å². The SMILES string of the molecule is Cc1ccc(C)c2[nH]c(N)nc12. The lowest BCUT2D eigenvalue weighted by atomic mass is 10.1. The van der Waals surface area contributed by atoms with E-state index in [-0.39, 0.29) is 0 Å². The standard InChI is InChI=1S/C9H11N3/c1-5-3-4-6(2)8-7(5)11-9(10)12-8/h3-4H,1-2H3,(H3,10,11,12). The summed E-state index contributed by atoms with van der Waals surface area (Å²) in [6, 6.07) is 4.12. The van der Waals surface area contributed by atoms with Gasteiger partial charge in [-0.2, -0.15) is 0 Å². The summed E-state index contributed by atoms with van der Waals surface area (Å²) in [5.41, 5.74) is 9.93. The van der Waals surface area contributed by atoms with Crippen molar-refractivity contribution in [3.05, 3.63) is 23.3 Å². The largest absolute Gasteiger partial charge is 0.369 e. The Bertz CT molecular complexity index is 390. The minimum absolute atomic E-state index is 0.488. The molecule has 0 radical (unpaired) electrons. The number of hydrogen-bond donors (Lipinski definition) is 2. The van der Waals surface area contributed by atoms with Gasteiger partial charge < -0.3 is 10.7 Å². The van der Waals surface area contributed by atoms with Crippen molar-refractivity contribution >= 4 is 17.0 Å². The summed E-state index contributed by atoms with van der Waals surface area (Å²) >= 11 is 0. The molecule has 0 aliphatic heterocycles. The summed E-state index contributed by atoms with van der Waals surface area (Å²) in [6.45, 7) is 4.07. The molecule has 12 heavy (non-hydrogen) atoms. The molecule has 3 heteroatoms. The lowest BCUT2D eigenvalue weighted by molar-refractivity contribution is 1.34. The molecular formula is C9H11N3. The molecule has 0 atom stereocenters. The van der Waals surface area contributed by atoms with Crippen LogP contribution in [-0.4, -0.2) is 9.97 Å². The van der Waals surface area contributed by atoms with Crippen LogP contribution >= 0.6 is 0 Å². The van der Waals surface area contributed by atoms with Gasteiger partial charge in [0.05, 0.1) is 11.0 Å². The van der Waals surface area contributed by atoms with E-state index in [0.717, 1.165) is 16.6 Å². The lowest BCUT2D eigenvalue weighted by Gasteiger charge is -1.96. The molecule has 3 nitrogen and oxygen atoms in total. The quantitative estimate of drug-likeness (QED) is 0.618. The molecule has 1 aromatic heterocycles. The Labute approximate surface area is 70.6 Å². The Hall–Kier alpha value is -1.51. The second-order valence-corrected chi connectivity index (χ2v) is 3.05. The number of H-pyrrole nitrogens is 1. The molecule has 1 heterocycles. The fourth-order valence-electron chi connectivity index (χ4n) is 1.37. The van der Waals surface area contributed by atoms with Gasteiger partial charge in [0, 0.05) is 0 Å². The highest BCUT2D eigenvalue weighted by atomic mass is 15.0. The predicted octanol–water partition coefficient (Wildman–Crippen LogP) is 1.76. The number of imidazole rings is 1. The van der Waals surface area contributed by atoms with Gasteiger partial charge in [-0.05, 0) is 25.0 Å². The van der Waals surface area contributed by atoms with Crippen molar-refractivity contribution < 1.29 is 0 Å². The summed E-state index contributed by atoms with van der Waals surface area (Å²) < 4.78 is 0. The smallest absolute Gasteiger partial charge is 0.198 e. The maximum Gasteiger partial charge on any atom is 0.198 e. The molecule has 0 saturated heterocycles. The average molecular weight is 161 g/mol. The summed E-state index contributed by atoms with van der Waals surface area (Å²) in [7, 11) is 0. The molecule has 3 N–H and O–H groups in total. The molecule has 0 fully saturated rings. The van der Waals surface area contributed by atoms with Crippen molar-refractivity contribution in [2.45, 2.75) is 13.8 Å². The molecule has 2 aromatic rings. The maximum atomic E-state index is 5.56. The zero-order valence-corrected chi connectivity index (χ0v) is 7.18. The minimum atomic E-state index is 0.488. The van der Waals surface area contributed by atoms with Gasteiger partial charge in [0.15, 0.2) is 5.95 Å². The number of hydrogen-bond acceptors (Lipinski definition) is 2. The van der Waals surface area contributed by atoms with Crippen molar-refractivity contribution in [2.24, 2.45) is 0 Å². The van der Waals surface area contributed by atoms with E-state index in [1.807, 2.05) is 13.8 Å². The van der Waals surface area contributed by atoms with Gasteiger partial charge in [-0.3, -0.25) is 0 Å². The number of nitrogens with zero attached hydrogens (tertiary/aromatic N) is 1. The van der Waals surface area contributed by atoms with Crippen LogP contribution < -0.4 is 5.73 Å². The number of nitrogen functional groups attached to an aromatic ring is 1. The number of anilines is 1. The number of aryl methyl sites for hydroxylation is 2. The molecular weight excluding hydrogens is 150 g/mol. The van der Waals surface area contributed by atoms with Gasteiger partial charge in [0.25, 0.3) is 0 Å². The van der Waals surface area contributed by atoms with E-state index in [4.69, 9.17) is 5.73 Å². The topological polar surface area (TPSA) is 54.7 Å². The van der Waals surface area contributed by atoms with Crippen LogP contribution in [0, 0.1) is 13.8 Å². The van der Waals surface area contributed by atoms with Crippen LogP contribution in [0.4, 0.5) is 5.95 Å². The first kappa shape index (κ1) is 7.16. The van der Waals surface area contributed by atoms with E-state index in [2.05, 4.69) is 22.1 Å². The molecule has 0 aliphatic rings. The number of aromatic amines is 1. The summed E-state index contributed by atoms with van der Waals surface area (Å²) in [5, 5.41) is 0. The number of nitrogens with one attached hydrogen (secondary N) is 1. The number of benzene rings is 1. The Morgan fingerprint density at radius 3 is 2.58 bits per heavy atom. The van der Waals surface area contributed by atoms with Crippen molar-refractivity contribution in [1.82, 2.24) is 9.97 Å². The number of rotatable bonds is 0. The third kappa shape index (κ3) is 0.863. The van der Waals surface area contributed by atoms with E-state index in [0.29, 0.717) is 5.95 Å². The zero-order valence-electron chi connectivity index (χ0n) is 7.18. The number of aromatic nitrogens is 2. The van der Waals surface area contributed by atoms with Crippen LogP contribution in [0.5, 0.6) is 0 Å². The second kappa shape index (κ2) is 2.24. The highest BCUT2D eigenvalue weighted by Gasteiger charge is 2.04. The van der Waals surface area contributed by atoms with Crippen LogP contribution in [0.3, 0.4) is 0 Å². The highest BCUT2D eigenvalue weighted by Crippen LogP contribution is 2.19. The number of nitrogens with two attached hydrogens (primary N) is 1. The third-order valence-electron chi connectivity index (χ3n) is 2.07. The Balaban J connectivity index is 2.93. The number of fused-ring (bicyclic) bond motifs is 1. The molecule has 0 saturated carbocycles. The summed E-state index contributed by atoms with van der Waals surface area (Å²) in [6.07, 6.45) is 0. The molecule has 0 bridgehead atoms. The van der Waals surface area contributed by atoms with E-state index in [1.54, 1.807) is 0 Å². The van der Waals surface area contributed by atoms with Gasteiger partial charge >= 0.3 is 0 Å². The van der Waals surface area contributed by atoms with Crippen LogP contribution in [0.1, 0.15) is 11.1 Å². The summed E-state index contributed by atoms with van der Waals surface area (Å²) in [5.74, 6) is 0.488. The Morgan fingerprint density at radius 2 is 1.92 bits per heavy atom. The molecule has 0 spiro atoms.